The summed E-state index contributed by atoms with van der Waals surface area (Å²) in [6.07, 6.45) is 1.52. The van der Waals surface area contributed by atoms with Crippen molar-refractivity contribution in [2.75, 3.05) is 0 Å². The van der Waals surface area contributed by atoms with Crippen LogP contribution in [0, 0.1) is 5.92 Å². The molecule has 0 aliphatic rings. The molecule has 0 saturated heterocycles. The van der Waals surface area contributed by atoms with Gasteiger partial charge in [0, 0.05) is 10.7 Å². The van der Waals surface area contributed by atoms with Crippen LogP contribution in [0.25, 0.3) is 0 Å². The van der Waals surface area contributed by atoms with Crippen LogP contribution in [0.15, 0.2) is 22.8 Å². The van der Waals surface area contributed by atoms with Crippen LogP contribution in [0.2, 0.25) is 0 Å². The minimum absolute atomic E-state index is 0.281. The summed E-state index contributed by atoms with van der Waals surface area (Å²) in [4.78, 5) is 15.7. The maximum atomic E-state index is 11.8. The number of pyridine rings is 1. The number of rotatable bonds is 2. The van der Waals surface area contributed by atoms with E-state index < -0.39 is 9.71 Å². The Bertz CT molecular complexity index is 378. The van der Waals surface area contributed by atoms with Gasteiger partial charge in [-0.15, -0.1) is 0 Å². The first-order valence-corrected chi connectivity index (χ1v) is 5.97. The van der Waals surface area contributed by atoms with Gasteiger partial charge >= 0.3 is 0 Å². The van der Waals surface area contributed by atoms with E-state index in [2.05, 4.69) is 20.9 Å². The summed E-state index contributed by atoms with van der Waals surface area (Å²) < 4.78 is -0.849. The SMILES string of the molecule is C[C@H](C(=O)c1cc(Br)ccn1)C(Cl)(Cl)Cl. The molecule has 1 atom stereocenters. The van der Waals surface area contributed by atoms with Gasteiger partial charge < -0.3 is 0 Å². The molecular weight excluding hydrogens is 324 g/mol. The Morgan fingerprint density at radius 1 is 1.53 bits per heavy atom. The van der Waals surface area contributed by atoms with Crippen LogP contribution < -0.4 is 0 Å². The third kappa shape index (κ3) is 3.59. The van der Waals surface area contributed by atoms with Gasteiger partial charge in [-0.25, -0.2) is 0 Å². The lowest BCUT2D eigenvalue weighted by molar-refractivity contribution is 0.0926. The van der Waals surface area contributed by atoms with Gasteiger partial charge in [-0.05, 0) is 12.1 Å². The molecule has 0 amide bonds. The van der Waals surface area contributed by atoms with E-state index in [0.29, 0.717) is 0 Å². The zero-order chi connectivity index (χ0) is 11.6. The predicted octanol–water partition coefficient (Wildman–Crippen LogP) is 4.03. The average Bonchev–Trinajstić information content (AvgIpc) is 2.14. The number of carbonyl (C=O) groups is 1. The molecule has 0 saturated carbocycles. The van der Waals surface area contributed by atoms with Crippen LogP contribution in [0.4, 0.5) is 0 Å². The number of alkyl halides is 3. The van der Waals surface area contributed by atoms with E-state index in [0.717, 1.165) is 4.47 Å². The van der Waals surface area contributed by atoms with E-state index in [-0.39, 0.29) is 11.5 Å². The number of nitrogens with zero attached hydrogens (tertiary/aromatic N) is 1. The molecule has 0 spiro atoms. The van der Waals surface area contributed by atoms with Crippen molar-refractivity contribution in [3.63, 3.8) is 0 Å². The Morgan fingerprint density at radius 3 is 2.60 bits per heavy atom. The summed E-state index contributed by atoms with van der Waals surface area (Å²) in [7, 11) is 0. The smallest absolute Gasteiger partial charge is 0.200 e. The summed E-state index contributed by atoms with van der Waals surface area (Å²) in [6, 6.07) is 3.31. The highest BCUT2D eigenvalue weighted by atomic mass is 79.9. The fourth-order valence-electron chi connectivity index (χ4n) is 0.910. The van der Waals surface area contributed by atoms with Crippen LogP contribution in [-0.2, 0) is 0 Å². The molecule has 15 heavy (non-hydrogen) atoms. The van der Waals surface area contributed by atoms with Crippen molar-refractivity contribution in [2.45, 2.75) is 10.7 Å². The van der Waals surface area contributed by atoms with Crippen LogP contribution in [0.5, 0.6) is 0 Å². The minimum atomic E-state index is -1.61. The van der Waals surface area contributed by atoms with E-state index in [1.54, 1.807) is 19.1 Å². The highest BCUT2D eigenvalue weighted by Crippen LogP contribution is 2.36. The maximum absolute atomic E-state index is 11.8. The molecular formula is C9H7BrCl3NO. The van der Waals surface area contributed by atoms with Crippen molar-refractivity contribution in [2.24, 2.45) is 5.92 Å². The van der Waals surface area contributed by atoms with Crippen molar-refractivity contribution in [3.05, 3.63) is 28.5 Å². The molecule has 1 aromatic heterocycles. The quantitative estimate of drug-likeness (QED) is 0.605. The number of hydrogen-bond acceptors (Lipinski definition) is 2. The van der Waals surface area contributed by atoms with Gasteiger partial charge in [0.1, 0.15) is 5.69 Å². The third-order valence-electron chi connectivity index (χ3n) is 1.86. The molecule has 82 valence electrons. The van der Waals surface area contributed by atoms with E-state index >= 15 is 0 Å². The van der Waals surface area contributed by atoms with Gasteiger partial charge in [-0.1, -0.05) is 57.7 Å². The predicted molar refractivity (Wildman–Crippen MR) is 65.7 cm³/mol. The number of hydrogen-bond donors (Lipinski definition) is 0. The third-order valence-corrected chi connectivity index (χ3v) is 3.33. The molecule has 2 nitrogen and oxygen atoms in total. The second-order valence-electron chi connectivity index (χ2n) is 2.99. The molecule has 0 N–H and O–H groups in total. The number of halogens is 4. The zero-order valence-corrected chi connectivity index (χ0v) is 11.5. The summed E-state index contributed by atoms with van der Waals surface area (Å²) in [5.41, 5.74) is 0.281. The second kappa shape index (κ2) is 5.00. The topological polar surface area (TPSA) is 30.0 Å². The van der Waals surface area contributed by atoms with Gasteiger partial charge in [0.2, 0.25) is 0 Å². The Morgan fingerprint density at radius 2 is 2.13 bits per heavy atom. The molecule has 1 rings (SSSR count). The highest BCUT2D eigenvalue weighted by molar-refractivity contribution is 9.10. The number of Topliss-reactive ketones (excluding diaryl/α,β-unsaturated/α-hetero) is 1. The molecule has 0 aliphatic heterocycles. The van der Waals surface area contributed by atoms with E-state index in [9.17, 15) is 4.79 Å². The van der Waals surface area contributed by atoms with E-state index in [1.807, 2.05) is 0 Å². The van der Waals surface area contributed by atoms with Gasteiger partial charge in [0.05, 0.1) is 5.92 Å². The molecule has 0 bridgehead atoms. The fourth-order valence-corrected chi connectivity index (χ4v) is 1.54. The molecule has 0 fully saturated rings. The van der Waals surface area contributed by atoms with Crippen LogP contribution in [0.3, 0.4) is 0 Å². The minimum Gasteiger partial charge on any atom is -0.292 e. The first-order chi connectivity index (χ1) is 6.82. The molecule has 6 heteroatoms. The maximum Gasteiger partial charge on any atom is 0.200 e. The second-order valence-corrected chi connectivity index (χ2v) is 6.27. The zero-order valence-electron chi connectivity index (χ0n) is 7.68. The fraction of sp³-hybridized carbons (Fsp3) is 0.333. The number of ketones is 1. The van der Waals surface area contributed by atoms with Crippen molar-refractivity contribution in [3.8, 4) is 0 Å². The largest absolute Gasteiger partial charge is 0.292 e. The van der Waals surface area contributed by atoms with Crippen molar-refractivity contribution >= 4 is 56.5 Å². The first kappa shape index (κ1) is 13.2. The Kier molecular flexibility index (Phi) is 4.41. The number of carbonyl (C=O) groups excluding carboxylic acids is 1. The first-order valence-electron chi connectivity index (χ1n) is 4.05. The Balaban J connectivity index is 2.95. The van der Waals surface area contributed by atoms with Crippen LogP contribution >= 0.6 is 50.7 Å². The van der Waals surface area contributed by atoms with Gasteiger partial charge in [0.25, 0.3) is 0 Å². The van der Waals surface area contributed by atoms with Crippen molar-refractivity contribution in [1.29, 1.82) is 0 Å². The summed E-state index contributed by atoms with van der Waals surface area (Å²) >= 11 is 20.2. The molecule has 1 heterocycles. The highest BCUT2D eigenvalue weighted by Gasteiger charge is 2.35. The lowest BCUT2D eigenvalue weighted by Crippen LogP contribution is -2.25. The number of aromatic nitrogens is 1. The van der Waals surface area contributed by atoms with Crippen LogP contribution in [0.1, 0.15) is 17.4 Å². The summed E-state index contributed by atoms with van der Waals surface area (Å²) in [6.45, 7) is 1.55. The van der Waals surface area contributed by atoms with E-state index in [4.69, 9.17) is 34.8 Å². The monoisotopic (exact) mass is 329 g/mol. The van der Waals surface area contributed by atoms with Crippen molar-refractivity contribution < 1.29 is 4.79 Å². The normalized spacial score (nSPS) is 13.7. The van der Waals surface area contributed by atoms with Gasteiger partial charge in [-0.3, -0.25) is 9.78 Å². The lowest BCUT2D eigenvalue weighted by atomic mass is 10.1. The molecule has 1 aromatic rings. The molecule has 0 aromatic carbocycles. The molecule has 0 unspecified atom stereocenters. The summed E-state index contributed by atoms with van der Waals surface area (Å²) in [5, 5.41) is 0. The Hall–Kier alpha value is 0.170. The van der Waals surface area contributed by atoms with Gasteiger partial charge in [0.15, 0.2) is 9.58 Å². The van der Waals surface area contributed by atoms with Gasteiger partial charge in [-0.2, -0.15) is 0 Å². The summed E-state index contributed by atoms with van der Waals surface area (Å²) in [5.74, 6) is -1.03. The van der Waals surface area contributed by atoms with Crippen molar-refractivity contribution in [1.82, 2.24) is 4.98 Å². The molecule has 0 radical (unpaired) electrons. The lowest BCUT2D eigenvalue weighted by Gasteiger charge is -2.18. The molecule has 0 aliphatic carbocycles. The standard InChI is InChI=1S/C9H7BrCl3NO/c1-5(9(11,12)13)8(15)7-4-6(10)2-3-14-7/h2-5H,1H3/t5-/m1/s1. The van der Waals surface area contributed by atoms with Crippen LogP contribution in [-0.4, -0.2) is 14.6 Å². The Labute approximate surface area is 111 Å². The average molecular weight is 331 g/mol. The van der Waals surface area contributed by atoms with E-state index in [1.165, 1.54) is 6.20 Å².